The molecular weight excluding hydrogens is 1350 g/mol. The van der Waals surface area contributed by atoms with E-state index < -0.39 is 97.5 Å². The minimum atomic E-state index is -5.00. The molecule has 0 radical (unpaired) electrons. The predicted molar refractivity (Wildman–Crippen MR) is 426 cm³/mol. The van der Waals surface area contributed by atoms with Crippen molar-refractivity contribution in [3.05, 3.63) is 170 Å². The number of esters is 4. The number of hydrogen-bond donors (Lipinski definition) is 3. The molecule has 19 heteroatoms. The molecule has 0 aliphatic rings. The monoisotopic (exact) mass is 1490 g/mol. The van der Waals surface area contributed by atoms with Crippen LogP contribution in [0.3, 0.4) is 0 Å². The van der Waals surface area contributed by atoms with Crippen molar-refractivity contribution in [3.63, 3.8) is 0 Å². The molecule has 0 spiro atoms. The fourth-order valence-electron chi connectivity index (χ4n) is 9.82. The summed E-state index contributed by atoms with van der Waals surface area (Å²) in [4.78, 5) is 73.0. The van der Waals surface area contributed by atoms with Crippen LogP contribution in [-0.2, 0) is 65.4 Å². The zero-order chi connectivity index (χ0) is 76.0. The van der Waals surface area contributed by atoms with Gasteiger partial charge in [0.25, 0.3) is 0 Å². The second-order valence-corrected chi connectivity index (χ2v) is 28.4. The van der Waals surface area contributed by atoms with Gasteiger partial charge < -0.3 is 33.8 Å². The molecule has 0 aromatic rings. The lowest BCUT2D eigenvalue weighted by atomic mass is 10.1. The van der Waals surface area contributed by atoms with Crippen LogP contribution in [0.15, 0.2) is 170 Å². The van der Waals surface area contributed by atoms with Gasteiger partial charge in [-0.3, -0.25) is 37.3 Å². The molecule has 104 heavy (non-hydrogen) atoms. The first-order chi connectivity index (χ1) is 50.7. The average Bonchev–Trinajstić information content (AvgIpc) is 0.937. The zero-order valence-corrected chi connectivity index (χ0v) is 66.2. The molecule has 17 nitrogen and oxygen atoms in total. The molecule has 0 aromatic heterocycles. The highest BCUT2D eigenvalue weighted by atomic mass is 31.2. The Balaban J connectivity index is 5.45. The van der Waals surface area contributed by atoms with Gasteiger partial charge in [0, 0.05) is 25.7 Å². The van der Waals surface area contributed by atoms with E-state index in [0.29, 0.717) is 25.7 Å². The number of hydrogen-bond acceptors (Lipinski definition) is 15. The number of phosphoric acid groups is 2. The number of carbonyl (C=O) groups is 4. The van der Waals surface area contributed by atoms with Crippen LogP contribution in [0.5, 0.6) is 0 Å². The number of carbonyl (C=O) groups excluding carboxylic acids is 4. The van der Waals surface area contributed by atoms with Crippen molar-refractivity contribution in [3.8, 4) is 0 Å². The molecule has 0 aliphatic heterocycles. The quantitative estimate of drug-likeness (QED) is 0.0169. The van der Waals surface area contributed by atoms with Crippen molar-refractivity contribution in [2.24, 2.45) is 0 Å². The van der Waals surface area contributed by atoms with Gasteiger partial charge in [0.1, 0.15) is 19.3 Å². The minimum absolute atomic E-state index is 0.0630. The first-order valence-corrected chi connectivity index (χ1v) is 42.4. The van der Waals surface area contributed by atoms with Crippen molar-refractivity contribution in [1.82, 2.24) is 0 Å². The number of unbranched alkanes of at least 4 members (excludes halogenated alkanes) is 18. The summed E-state index contributed by atoms with van der Waals surface area (Å²) >= 11 is 0. The van der Waals surface area contributed by atoms with E-state index in [-0.39, 0.29) is 25.7 Å². The fourth-order valence-corrected chi connectivity index (χ4v) is 11.4. The molecule has 0 aliphatic carbocycles. The summed E-state index contributed by atoms with van der Waals surface area (Å²) in [5.74, 6) is -2.28. The molecular formula is C85H138O17P2. The van der Waals surface area contributed by atoms with E-state index in [1.807, 2.05) is 0 Å². The molecule has 0 saturated heterocycles. The summed E-state index contributed by atoms with van der Waals surface area (Å²) in [7, 11) is -10.00. The predicted octanol–water partition coefficient (Wildman–Crippen LogP) is 23.0. The second-order valence-electron chi connectivity index (χ2n) is 25.5. The lowest BCUT2D eigenvalue weighted by molar-refractivity contribution is -0.161. The molecule has 0 fully saturated rings. The Morgan fingerprint density at radius 1 is 0.269 bits per heavy atom. The molecule has 0 aromatic carbocycles. The maximum Gasteiger partial charge on any atom is 0.472 e. The third-order valence-corrected chi connectivity index (χ3v) is 17.6. The SMILES string of the molecule is CC/C=C\C/C=C\C/C=C\C/C=C\CCCCCCC(=O)OCC(COP(=O)(O)OCC(O)COP(=O)(O)OCC(COC(=O)CCCCCC/C=C\C/C=C\C/C=C\C/C=C\CC)OC(=O)CCCCCCC/C=C\C/C=C\C/C=C\CC)OC(=O)CCCCCCC/C=C\C/C=C\C/C=C\CC. The van der Waals surface area contributed by atoms with E-state index in [4.69, 9.17) is 37.0 Å². The Labute approximate surface area is 629 Å². The third-order valence-electron chi connectivity index (χ3n) is 15.7. The number of aliphatic hydroxyl groups excluding tert-OH is 1. The van der Waals surface area contributed by atoms with Crippen LogP contribution in [0.1, 0.15) is 285 Å². The molecule has 4 atom stereocenters. The second kappa shape index (κ2) is 75.6. The van der Waals surface area contributed by atoms with Gasteiger partial charge >= 0.3 is 39.5 Å². The fraction of sp³-hybridized carbons (Fsp3) is 0.624. The van der Waals surface area contributed by atoms with E-state index in [1.165, 1.54) is 0 Å². The summed E-state index contributed by atoms with van der Waals surface area (Å²) in [6.07, 6.45) is 89.0. The van der Waals surface area contributed by atoms with Crippen LogP contribution in [0, 0.1) is 0 Å². The van der Waals surface area contributed by atoms with E-state index in [0.717, 1.165) is 205 Å². The van der Waals surface area contributed by atoms with Crippen LogP contribution < -0.4 is 0 Å². The Morgan fingerprint density at radius 3 is 0.721 bits per heavy atom. The van der Waals surface area contributed by atoms with Crippen molar-refractivity contribution in [2.45, 2.75) is 303 Å². The van der Waals surface area contributed by atoms with Gasteiger partial charge in [-0.25, -0.2) is 9.13 Å². The van der Waals surface area contributed by atoms with Crippen molar-refractivity contribution in [1.29, 1.82) is 0 Å². The van der Waals surface area contributed by atoms with Gasteiger partial charge in [-0.15, -0.1) is 0 Å². The standard InChI is InChI=1S/C85H138O17P2/c1-5-9-13-17-21-25-29-33-37-39-43-45-49-53-57-61-65-69-82(87)95-75-80(101-84(89)71-67-63-59-55-51-47-41-35-31-27-23-19-15-11-7-3)77-99-103(91,92)97-73-79(86)74-98-104(93,94)100-78-81(102-85(90)72-68-64-60-56-52-48-42-36-32-28-24-20-16-12-8-4)76-96-83(88)70-66-62-58-54-50-46-44-40-38-34-30-26-22-18-14-10-6-2/h9-16,21-28,33-38,41-46,79-81,86H,5-8,17-20,29-32,39-40,47-78H2,1-4H3,(H,91,92)(H,93,94)/b13-9-,14-10-,15-11-,16-12-,25-21-,26-22-,27-23-,28-24-,37-33-,38-34-,41-35-,42-36-,45-43-,46-44-. The molecule has 0 rings (SSSR count). The molecule has 0 heterocycles. The lowest BCUT2D eigenvalue weighted by Crippen LogP contribution is -2.30. The van der Waals surface area contributed by atoms with E-state index in [9.17, 15) is 43.2 Å². The summed E-state index contributed by atoms with van der Waals surface area (Å²) in [6.45, 7) is 4.31. The first kappa shape index (κ1) is 98.4. The Morgan fingerprint density at radius 2 is 0.471 bits per heavy atom. The van der Waals surface area contributed by atoms with Gasteiger partial charge in [0.15, 0.2) is 12.2 Å². The Hall–Kier alpha value is -5.58. The summed E-state index contributed by atoms with van der Waals surface area (Å²) < 4.78 is 68.5. The molecule has 590 valence electrons. The highest BCUT2D eigenvalue weighted by molar-refractivity contribution is 7.47. The number of ether oxygens (including phenoxy) is 4. The number of allylic oxidation sites excluding steroid dienone is 28. The summed E-state index contributed by atoms with van der Waals surface area (Å²) in [6, 6.07) is 0. The number of rotatable bonds is 72. The molecule has 4 unspecified atom stereocenters. The third kappa shape index (κ3) is 74.7. The van der Waals surface area contributed by atoms with Crippen LogP contribution in [-0.4, -0.2) is 96.7 Å². The highest BCUT2D eigenvalue weighted by Gasteiger charge is 2.30. The van der Waals surface area contributed by atoms with Crippen LogP contribution in [0.2, 0.25) is 0 Å². The largest absolute Gasteiger partial charge is 0.472 e. The van der Waals surface area contributed by atoms with Gasteiger partial charge in [0.05, 0.1) is 26.4 Å². The molecule has 3 N–H and O–H groups in total. The normalized spacial score (nSPS) is 14.8. The van der Waals surface area contributed by atoms with E-state index >= 15 is 0 Å². The van der Waals surface area contributed by atoms with Crippen LogP contribution in [0.4, 0.5) is 0 Å². The Kier molecular flexibility index (Phi) is 71.6. The van der Waals surface area contributed by atoms with Gasteiger partial charge in [0.2, 0.25) is 0 Å². The van der Waals surface area contributed by atoms with Gasteiger partial charge in [-0.1, -0.05) is 262 Å². The lowest BCUT2D eigenvalue weighted by Gasteiger charge is -2.21. The molecule has 0 saturated carbocycles. The van der Waals surface area contributed by atoms with Crippen molar-refractivity contribution < 1.29 is 80.2 Å². The molecule has 0 bridgehead atoms. The Bertz CT molecular complexity index is 2460. The first-order valence-electron chi connectivity index (χ1n) is 39.4. The van der Waals surface area contributed by atoms with Gasteiger partial charge in [-0.05, 0) is 167 Å². The smallest absolute Gasteiger partial charge is 0.462 e. The van der Waals surface area contributed by atoms with Crippen LogP contribution in [0.25, 0.3) is 0 Å². The summed E-state index contributed by atoms with van der Waals surface area (Å²) in [5.41, 5.74) is 0. The number of phosphoric ester groups is 2. The average molecular weight is 1490 g/mol. The van der Waals surface area contributed by atoms with E-state index in [1.54, 1.807) is 0 Å². The van der Waals surface area contributed by atoms with Crippen LogP contribution >= 0.6 is 15.6 Å². The maximum atomic E-state index is 13.1. The van der Waals surface area contributed by atoms with Gasteiger partial charge in [-0.2, -0.15) is 0 Å². The summed E-state index contributed by atoms with van der Waals surface area (Å²) in [5, 5.41) is 10.6. The maximum absolute atomic E-state index is 13.1. The van der Waals surface area contributed by atoms with Crippen molar-refractivity contribution in [2.75, 3.05) is 39.6 Å². The topological polar surface area (TPSA) is 237 Å². The van der Waals surface area contributed by atoms with E-state index in [2.05, 4.69) is 198 Å². The number of aliphatic hydroxyl groups is 1. The minimum Gasteiger partial charge on any atom is -0.462 e. The zero-order valence-electron chi connectivity index (χ0n) is 64.4. The van der Waals surface area contributed by atoms with Crippen molar-refractivity contribution >= 4 is 39.5 Å². The molecule has 0 amide bonds. The highest BCUT2D eigenvalue weighted by Crippen LogP contribution is 2.45.